The van der Waals surface area contributed by atoms with Crippen LogP contribution in [0.4, 0.5) is 17.1 Å². The zero-order valence-electron chi connectivity index (χ0n) is 15.6. The number of nitro groups is 1. The van der Waals surface area contributed by atoms with Gasteiger partial charge in [-0.3, -0.25) is 14.9 Å². The van der Waals surface area contributed by atoms with Crippen LogP contribution in [0.3, 0.4) is 0 Å². The van der Waals surface area contributed by atoms with Gasteiger partial charge in [0.1, 0.15) is 10.6 Å². The van der Waals surface area contributed by atoms with Crippen molar-refractivity contribution in [3.05, 3.63) is 50.2 Å². The maximum absolute atomic E-state index is 12.6. The van der Waals surface area contributed by atoms with Crippen molar-refractivity contribution in [1.29, 1.82) is 0 Å². The summed E-state index contributed by atoms with van der Waals surface area (Å²) in [6, 6.07) is 6.07. The van der Waals surface area contributed by atoms with Crippen molar-refractivity contribution in [1.82, 2.24) is 0 Å². The molecule has 0 spiro atoms. The second-order valence-corrected chi connectivity index (χ2v) is 7.66. The van der Waals surface area contributed by atoms with Crippen LogP contribution < -0.4 is 10.2 Å². The number of amides is 1. The highest BCUT2D eigenvalue weighted by molar-refractivity contribution is 7.12. The Hall–Kier alpha value is -2.94. The first kappa shape index (κ1) is 19.8. The molecule has 0 radical (unpaired) electrons. The maximum atomic E-state index is 12.6. The first-order chi connectivity index (χ1) is 13.4. The molecule has 1 fully saturated rings. The Balaban J connectivity index is 1.84. The Morgan fingerprint density at radius 3 is 2.64 bits per heavy atom. The molecular formula is C19H21N3O5S. The Morgan fingerprint density at radius 1 is 1.29 bits per heavy atom. The van der Waals surface area contributed by atoms with Crippen molar-refractivity contribution in [3.8, 4) is 0 Å². The molecule has 148 valence electrons. The fraction of sp³-hybridized carbons (Fsp3) is 0.368. The van der Waals surface area contributed by atoms with Crippen LogP contribution in [0.2, 0.25) is 0 Å². The number of anilines is 2. The lowest BCUT2D eigenvalue weighted by molar-refractivity contribution is -0.384. The summed E-state index contributed by atoms with van der Waals surface area (Å²) < 4.78 is 4.69. The van der Waals surface area contributed by atoms with Crippen molar-refractivity contribution < 1.29 is 19.2 Å². The van der Waals surface area contributed by atoms with Crippen LogP contribution in [0.15, 0.2) is 29.6 Å². The van der Waals surface area contributed by atoms with Crippen molar-refractivity contribution in [2.45, 2.75) is 19.8 Å². The Kier molecular flexibility index (Phi) is 5.93. The van der Waals surface area contributed by atoms with E-state index in [-0.39, 0.29) is 16.1 Å². The van der Waals surface area contributed by atoms with Crippen LogP contribution in [-0.2, 0) is 4.74 Å². The van der Waals surface area contributed by atoms with Gasteiger partial charge in [0.25, 0.3) is 11.6 Å². The standard InChI is InChI=1S/C19H21N3O5S/c1-12-5-8-21(9-6-12)15-4-3-13(11-16(15)22(25)26)18(23)20-14-7-10-28-17(14)19(24)27-2/h3-4,7,10-12H,5-6,8-9H2,1-2H3,(H,20,23). The number of esters is 1. The predicted octanol–water partition coefficient (Wildman–Crippen LogP) is 3.93. The van der Waals surface area contributed by atoms with Gasteiger partial charge >= 0.3 is 5.97 Å². The van der Waals surface area contributed by atoms with E-state index >= 15 is 0 Å². The van der Waals surface area contributed by atoms with E-state index in [9.17, 15) is 19.7 Å². The first-order valence-corrected chi connectivity index (χ1v) is 9.79. The SMILES string of the molecule is COC(=O)c1sccc1NC(=O)c1ccc(N2CCC(C)CC2)c([N+](=O)[O-])c1. The molecule has 0 saturated carbocycles. The number of benzene rings is 1. The van der Waals surface area contributed by atoms with E-state index in [1.165, 1.54) is 13.2 Å². The highest BCUT2D eigenvalue weighted by atomic mass is 32.1. The molecule has 1 N–H and O–H groups in total. The van der Waals surface area contributed by atoms with E-state index < -0.39 is 16.8 Å². The third kappa shape index (κ3) is 4.14. The average molecular weight is 403 g/mol. The van der Waals surface area contributed by atoms with Crippen LogP contribution in [0, 0.1) is 16.0 Å². The number of methoxy groups -OCH3 is 1. The molecule has 0 atom stereocenters. The topological polar surface area (TPSA) is 102 Å². The number of nitrogens with one attached hydrogen (secondary N) is 1. The molecular weight excluding hydrogens is 382 g/mol. The molecule has 0 aliphatic carbocycles. The largest absolute Gasteiger partial charge is 0.465 e. The number of rotatable bonds is 5. The van der Waals surface area contributed by atoms with Crippen LogP contribution in [-0.4, -0.2) is 37.0 Å². The van der Waals surface area contributed by atoms with Crippen LogP contribution in [0.1, 0.15) is 39.8 Å². The lowest BCUT2D eigenvalue weighted by Gasteiger charge is -2.31. The molecule has 1 amide bonds. The number of hydrogen-bond donors (Lipinski definition) is 1. The van der Waals surface area contributed by atoms with Crippen molar-refractivity contribution in [2.24, 2.45) is 5.92 Å². The van der Waals surface area contributed by atoms with E-state index in [0.29, 0.717) is 17.3 Å². The highest BCUT2D eigenvalue weighted by Crippen LogP contribution is 2.33. The van der Waals surface area contributed by atoms with E-state index in [4.69, 9.17) is 0 Å². The lowest BCUT2D eigenvalue weighted by atomic mass is 9.98. The van der Waals surface area contributed by atoms with Gasteiger partial charge in [0, 0.05) is 24.7 Å². The van der Waals surface area contributed by atoms with E-state index in [1.807, 2.05) is 4.90 Å². The molecule has 0 unspecified atom stereocenters. The number of hydrogen-bond acceptors (Lipinski definition) is 7. The molecule has 28 heavy (non-hydrogen) atoms. The van der Waals surface area contributed by atoms with Gasteiger partial charge in [0.15, 0.2) is 0 Å². The van der Waals surface area contributed by atoms with E-state index in [0.717, 1.165) is 37.3 Å². The fourth-order valence-electron chi connectivity index (χ4n) is 3.18. The summed E-state index contributed by atoms with van der Waals surface area (Å²) in [6.07, 6.45) is 1.96. The number of carbonyl (C=O) groups excluding carboxylic acids is 2. The average Bonchev–Trinajstić information content (AvgIpc) is 3.15. The number of nitro benzene ring substituents is 1. The zero-order chi connectivity index (χ0) is 20.3. The molecule has 9 heteroatoms. The summed E-state index contributed by atoms with van der Waals surface area (Å²) in [6.45, 7) is 3.68. The van der Waals surface area contributed by atoms with E-state index in [2.05, 4.69) is 17.0 Å². The molecule has 0 bridgehead atoms. The minimum Gasteiger partial charge on any atom is -0.465 e. The summed E-state index contributed by atoms with van der Waals surface area (Å²) in [5.74, 6) is -0.466. The third-order valence-corrected chi connectivity index (χ3v) is 5.74. The number of piperidine rings is 1. The Morgan fingerprint density at radius 2 is 2.00 bits per heavy atom. The van der Waals surface area contributed by atoms with Gasteiger partial charge in [-0.05, 0) is 42.3 Å². The monoisotopic (exact) mass is 403 g/mol. The minimum absolute atomic E-state index is 0.0966. The molecule has 2 heterocycles. The first-order valence-electron chi connectivity index (χ1n) is 8.91. The van der Waals surface area contributed by atoms with Gasteiger partial charge in [-0.1, -0.05) is 6.92 Å². The van der Waals surface area contributed by atoms with Gasteiger partial charge in [0.2, 0.25) is 0 Å². The molecule has 1 aliphatic heterocycles. The van der Waals surface area contributed by atoms with Crippen LogP contribution in [0.5, 0.6) is 0 Å². The molecule has 3 rings (SSSR count). The Labute approximate surface area is 166 Å². The van der Waals surface area contributed by atoms with E-state index in [1.54, 1.807) is 23.6 Å². The second-order valence-electron chi connectivity index (χ2n) is 6.74. The van der Waals surface area contributed by atoms with Gasteiger partial charge < -0.3 is 15.0 Å². The van der Waals surface area contributed by atoms with Crippen molar-refractivity contribution in [3.63, 3.8) is 0 Å². The zero-order valence-corrected chi connectivity index (χ0v) is 16.5. The quantitative estimate of drug-likeness (QED) is 0.461. The summed E-state index contributed by atoms with van der Waals surface area (Å²) >= 11 is 1.14. The molecule has 1 aromatic carbocycles. The third-order valence-electron chi connectivity index (χ3n) is 4.84. The molecule has 1 saturated heterocycles. The van der Waals surface area contributed by atoms with Crippen LogP contribution in [0.25, 0.3) is 0 Å². The van der Waals surface area contributed by atoms with Crippen molar-refractivity contribution in [2.75, 3.05) is 30.4 Å². The lowest BCUT2D eigenvalue weighted by Crippen LogP contribution is -2.33. The highest BCUT2D eigenvalue weighted by Gasteiger charge is 2.25. The van der Waals surface area contributed by atoms with Crippen molar-refractivity contribution >= 4 is 40.3 Å². The summed E-state index contributed by atoms with van der Waals surface area (Å²) in [5, 5.41) is 15.9. The normalized spacial score (nSPS) is 14.6. The Bertz CT molecular complexity index is 903. The molecule has 2 aromatic rings. The number of thiophene rings is 1. The maximum Gasteiger partial charge on any atom is 0.350 e. The summed E-state index contributed by atoms with van der Waals surface area (Å²) in [7, 11) is 1.26. The molecule has 1 aliphatic rings. The second kappa shape index (κ2) is 8.39. The number of nitrogens with zero attached hydrogens (tertiary/aromatic N) is 2. The number of carbonyl (C=O) groups is 2. The van der Waals surface area contributed by atoms with Gasteiger partial charge in [-0.25, -0.2) is 4.79 Å². The van der Waals surface area contributed by atoms with Gasteiger partial charge in [0.05, 0.1) is 17.7 Å². The summed E-state index contributed by atoms with van der Waals surface area (Å²) in [4.78, 5) is 37.7. The molecule has 1 aromatic heterocycles. The van der Waals surface area contributed by atoms with Crippen LogP contribution >= 0.6 is 11.3 Å². The van der Waals surface area contributed by atoms with Gasteiger partial charge in [-0.2, -0.15) is 0 Å². The summed E-state index contributed by atoms with van der Waals surface area (Å²) in [5.41, 5.74) is 0.904. The minimum atomic E-state index is -0.550. The number of ether oxygens (including phenoxy) is 1. The smallest absolute Gasteiger partial charge is 0.350 e. The molecule has 8 nitrogen and oxygen atoms in total. The van der Waals surface area contributed by atoms with Gasteiger partial charge in [-0.15, -0.1) is 11.3 Å². The fourth-order valence-corrected chi connectivity index (χ4v) is 3.95. The predicted molar refractivity (Wildman–Crippen MR) is 107 cm³/mol.